The molecule has 1 aromatic heterocycles. The Morgan fingerprint density at radius 3 is 2.68 bits per heavy atom. The van der Waals surface area contributed by atoms with E-state index < -0.39 is 0 Å². The molecule has 1 aliphatic carbocycles. The standard InChI is InChI=1S/C21H25ClN4.CH4O/c1-14-3-5-17-19(14)20(24-13-23-17)26-12-21(7-9-25(2)10-8-21)16-11-15(22)4-6-18(16)26;1-2/h4,6,11,13-14H,3,5,7-10,12H2,1-2H3;2H,1H3/t14-;/m1./s1. The molecule has 1 saturated heterocycles. The fourth-order valence-corrected chi connectivity index (χ4v) is 5.31. The van der Waals surface area contributed by atoms with Crippen LogP contribution >= 0.6 is 11.6 Å². The first-order chi connectivity index (χ1) is 13.6. The van der Waals surface area contributed by atoms with Gasteiger partial charge in [-0.25, -0.2) is 9.97 Å². The summed E-state index contributed by atoms with van der Waals surface area (Å²) in [5, 5.41) is 7.84. The van der Waals surface area contributed by atoms with Crippen molar-refractivity contribution in [2.75, 3.05) is 38.7 Å². The lowest BCUT2D eigenvalue weighted by molar-refractivity contribution is 0.198. The van der Waals surface area contributed by atoms with E-state index in [-0.39, 0.29) is 5.41 Å². The predicted octanol–water partition coefficient (Wildman–Crippen LogP) is 3.90. The summed E-state index contributed by atoms with van der Waals surface area (Å²) in [7, 11) is 3.22. The van der Waals surface area contributed by atoms with E-state index in [2.05, 4.69) is 40.9 Å². The van der Waals surface area contributed by atoms with Gasteiger partial charge in [-0.1, -0.05) is 18.5 Å². The van der Waals surface area contributed by atoms with Crippen molar-refractivity contribution >= 4 is 23.1 Å². The van der Waals surface area contributed by atoms with Crippen LogP contribution in [0, 0.1) is 0 Å². The van der Waals surface area contributed by atoms with Crippen LogP contribution in [0.2, 0.25) is 5.02 Å². The van der Waals surface area contributed by atoms with Gasteiger partial charge >= 0.3 is 0 Å². The van der Waals surface area contributed by atoms with Crippen molar-refractivity contribution in [1.82, 2.24) is 14.9 Å². The van der Waals surface area contributed by atoms with Crippen molar-refractivity contribution < 1.29 is 5.11 Å². The molecule has 1 N–H and O–H groups in total. The lowest BCUT2D eigenvalue weighted by atomic mass is 9.74. The average molecular weight is 401 g/mol. The quantitative estimate of drug-likeness (QED) is 0.786. The first-order valence-corrected chi connectivity index (χ1v) is 10.5. The Hall–Kier alpha value is -1.69. The number of fused-ring (bicyclic) bond motifs is 3. The van der Waals surface area contributed by atoms with Gasteiger partial charge in [0.05, 0.1) is 0 Å². The number of halogens is 1. The van der Waals surface area contributed by atoms with Gasteiger partial charge in [0.1, 0.15) is 12.1 Å². The van der Waals surface area contributed by atoms with Crippen LogP contribution in [-0.2, 0) is 11.8 Å². The number of benzene rings is 1. The summed E-state index contributed by atoms with van der Waals surface area (Å²) in [6, 6.07) is 6.41. The summed E-state index contributed by atoms with van der Waals surface area (Å²) in [6.45, 7) is 5.59. The van der Waals surface area contributed by atoms with Gasteiger partial charge in [0.2, 0.25) is 0 Å². The number of hydrogen-bond acceptors (Lipinski definition) is 5. The van der Waals surface area contributed by atoms with Gasteiger partial charge < -0.3 is 14.9 Å². The number of piperidine rings is 1. The molecule has 1 spiro atoms. The third kappa shape index (κ3) is 3.10. The second kappa shape index (κ2) is 7.62. The Balaban J connectivity index is 0.000000932. The fourth-order valence-electron chi connectivity index (χ4n) is 5.14. The third-order valence-corrected chi connectivity index (χ3v) is 6.97. The molecule has 1 atom stereocenters. The number of aliphatic hydroxyl groups excluding tert-OH is 1. The van der Waals surface area contributed by atoms with E-state index >= 15 is 0 Å². The molecule has 5 nitrogen and oxygen atoms in total. The summed E-state index contributed by atoms with van der Waals surface area (Å²) in [6.07, 6.45) is 6.36. The molecule has 0 saturated carbocycles. The van der Waals surface area contributed by atoms with E-state index in [1.165, 1.54) is 41.8 Å². The summed E-state index contributed by atoms with van der Waals surface area (Å²) < 4.78 is 0. The Morgan fingerprint density at radius 1 is 1.18 bits per heavy atom. The molecule has 28 heavy (non-hydrogen) atoms. The number of likely N-dealkylation sites (tertiary alicyclic amines) is 1. The van der Waals surface area contributed by atoms with Crippen LogP contribution in [0.15, 0.2) is 24.5 Å². The minimum absolute atomic E-state index is 0.187. The zero-order valence-corrected chi connectivity index (χ0v) is 17.7. The minimum Gasteiger partial charge on any atom is -0.400 e. The van der Waals surface area contributed by atoms with E-state index in [0.29, 0.717) is 5.92 Å². The van der Waals surface area contributed by atoms with Crippen LogP contribution in [-0.4, -0.2) is 53.8 Å². The number of anilines is 2. The maximum Gasteiger partial charge on any atom is 0.140 e. The molecule has 0 bridgehead atoms. The maximum atomic E-state index is 7.00. The zero-order chi connectivity index (χ0) is 19.9. The second-order valence-electron chi connectivity index (χ2n) is 8.33. The molecule has 2 aliphatic heterocycles. The lowest BCUT2D eigenvalue weighted by Crippen LogP contribution is -2.43. The molecule has 1 aromatic carbocycles. The summed E-state index contributed by atoms with van der Waals surface area (Å²) >= 11 is 6.41. The highest BCUT2D eigenvalue weighted by atomic mass is 35.5. The Labute approximate surface area is 172 Å². The summed E-state index contributed by atoms with van der Waals surface area (Å²) in [5.41, 5.74) is 5.49. The van der Waals surface area contributed by atoms with Gasteiger partial charge in [-0.05, 0) is 75.5 Å². The number of aromatic nitrogens is 2. The van der Waals surface area contributed by atoms with Crippen LogP contribution in [0.25, 0.3) is 0 Å². The number of rotatable bonds is 1. The summed E-state index contributed by atoms with van der Waals surface area (Å²) in [5.74, 6) is 1.66. The molecule has 0 amide bonds. The Kier molecular flexibility index (Phi) is 5.34. The summed E-state index contributed by atoms with van der Waals surface area (Å²) in [4.78, 5) is 14.2. The maximum absolute atomic E-state index is 7.00. The van der Waals surface area contributed by atoms with Crippen molar-refractivity contribution in [2.24, 2.45) is 0 Å². The van der Waals surface area contributed by atoms with Crippen molar-refractivity contribution in [2.45, 2.75) is 43.9 Å². The van der Waals surface area contributed by atoms with Crippen molar-refractivity contribution in [3.63, 3.8) is 0 Å². The molecule has 3 heterocycles. The van der Waals surface area contributed by atoms with Crippen LogP contribution in [0.3, 0.4) is 0 Å². The Morgan fingerprint density at radius 2 is 1.93 bits per heavy atom. The predicted molar refractivity (Wildman–Crippen MR) is 114 cm³/mol. The van der Waals surface area contributed by atoms with Gasteiger partial charge in [0.25, 0.3) is 0 Å². The van der Waals surface area contributed by atoms with Gasteiger partial charge in [-0.2, -0.15) is 0 Å². The first-order valence-electron chi connectivity index (χ1n) is 10.1. The second-order valence-corrected chi connectivity index (χ2v) is 8.77. The minimum atomic E-state index is 0.187. The zero-order valence-electron chi connectivity index (χ0n) is 17.0. The number of nitrogens with zero attached hydrogens (tertiary/aromatic N) is 4. The number of hydrogen-bond donors (Lipinski definition) is 1. The molecule has 1 fully saturated rings. The molecule has 5 rings (SSSR count). The van der Waals surface area contributed by atoms with Gasteiger partial charge in [-0.15, -0.1) is 0 Å². The Bertz CT molecular complexity index is 864. The lowest BCUT2D eigenvalue weighted by Gasteiger charge is -2.38. The molecular weight excluding hydrogens is 372 g/mol. The SMILES string of the molecule is CO.C[C@@H]1CCc2ncnc(N3CC4(CCN(C)CC4)c4cc(Cl)ccc43)c21. The third-order valence-electron chi connectivity index (χ3n) is 6.73. The topological polar surface area (TPSA) is 52.5 Å². The number of aliphatic hydroxyl groups is 1. The highest BCUT2D eigenvalue weighted by Crippen LogP contribution is 2.51. The normalized spacial score (nSPS) is 22.6. The van der Waals surface area contributed by atoms with Crippen molar-refractivity contribution in [3.8, 4) is 0 Å². The van der Waals surface area contributed by atoms with Gasteiger partial charge in [-0.3, -0.25) is 0 Å². The van der Waals surface area contributed by atoms with E-state index in [1.807, 2.05) is 6.07 Å². The highest BCUT2D eigenvalue weighted by Gasteiger charge is 2.46. The van der Waals surface area contributed by atoms with E-state index in [0.717, 1.165) is 44.0 Å². The molecule has 150 valence electrons. The van der Waals surface area contributed by atoms with E-state index in [9.17, 15) is 0 Å². The molecular formula is C22H29ClN4O. The molecule has 0 radical (unpaired) electrons. The number of aryl methyl sites for hydroxylation is 1. The molecule has 3 aliphatic rings. The van der Waals surface area contributed by atoms with E-state index in [1.54, 1.807) is 6.33 Å². The largest absolute Gasteiger partial charge is 0.400 e. The first kappa shape index (κ1) is 19.6. The van der Waals surface area contributed by atoms with Crippen LogP contribution in [0.5, 0.6) is 0 Å². The smallest absolute Gasteiger partial charge is 0.140 e. The van der Waals surface area contributed by atoms with Gasteiger partial charge in [0.15, 0.2) is 0 Å². The fraction of sp³-hybridized carbons (Fsp3) is 0.545. The monoisotopic (exact) mass is 400 g/mol. The molecule has 2 aromatic rings. The average Bonchev–Trinajstić information content (AvgIpc) is 3.25. The van der Waals surface area contributed by atoms with E-state index in [4.69, 9.17) is 21.7 Å². The van der Waals surface area contributed by atoms with Crippen LogP contribution in [0.1, 0.15) is 48.9 Å². The van der Waals surface area contributed by atoms with Crippen LogP contribution in [0.4, 0.5) is 11.5 Å². The van der Waals surface area contributed by atoms with Crippen molar-refractivity contribution in [3.05, 3.63) is 46.4 Å². The van der Waals surface area contributed by atoms with Crippen LogP contribution < -0.4 is 4.90 Å². The van der Waals surface area contributed by atoms with Gasteiger partial charge in [0, 0.05) is 41.0 Å². The molecule has 0 unspecified atom stereocenters. The highest BCUT2D eigenvalue weighted by molar-refractivity contribution is 6.30. The molecule has 6 heteroatoms. The van der Waals surface area contributed by atoms with Crippen molar-refractivity contribution in [1.29, 1.82) is 0 Å².